The predicted molar refractivity (Wildman–Crippen MR) is 86.8 cm³/mol. The van der Waals surface area contributed by atoms with Gasteiger partial charge in [-0.25, -0.2) is 0 Å². The molecule has 1 atom stereocenters. The van der Waals surface area contributed by atoms with Crippen LogP contribution in [0.15, 0.2) is 27.1 Å². The summed E-state index contributed by atoms with van der Waals surface area (Å²) in [5.74, 6) is 3.00. The lowest BCUT2D eigenvalue weighted by Crippen LogP contribution is -2.18. The van der Waals surface area contributed by atoms with Crippen molar-refractivity contribution < 1.29 is 9.15 Å². The summed E-state index contributed by atoms with van der Waals surface area (Å²) in [6, 6.07) is 6.64. The van der Waals surface area contributed by atoms with Gasteiger partial charge in [0.25, 0.3) is 0 Å². The first kappa shape index (κ1) is 14.7. The average molecular weight is 350 g/mol. The predicted octanol–water partition coefficient (Wildman–Crippen LogP) is 4.44. The van der Waals surface area contributed by atoms with Gasteiger partial charge in [-0.05, 0) is 44.5 Å². The molecule has 112 valence electrons. The first-order valence-corrected chi connectivity index (χ1v) is 8.08. The van der Waals surface area contributed by atoms with E-state index in [2.05, 4.69) is 46.4 Å². The number of hydrogen-bond donors (Lipinski definition) is 1. The highest BCUT2D eigenvalue weighted by molar-refractivity contribution is 9.10. The first-order valence-electron chi connectivity index (χ1n) is 7.29. The van der Waals surface area contributed by atoms with E-state index in [4.69, 9.17) is 9.15 Å². The first-order chi connectivity index (χ1) is 10.0. The molecule has 0 radical (unpaired) electrons. The third-order valence-electron chi connectivity index (χ3n) is 3.97. The molecule has 0 amide bonds. The van der Waals surface area contributed by atoms with E-state index in [-0.39, 0.29) is 6.04 Å². The van der Waals surface area contributed by atoms with Crippen LogP contribution in [0.1, 0.15) is 41.2 Å². The molecule has 1 aromatic carbocycles. The van der Waals surface area contributed by atoms with Crippen molar-refractivity contribution in [3.8, 4) is 5.75 Å². The van der Waals surface area contributed by atoms with Gasteiger partial charge in [-0.15, -0.1) is 0 Å². The number of nitrogens with one attached hydrogen (secondary N) is 1. The van der Waals surface area contributed by atoms with Gasteiger partial charge in [0, 0.05) is 34.6 Å². The quantitative estimate of drug-likeness (QED) is 0.885. The zero-order valence-electron chi connectivity index (χ0n) is 12.6. The number of hydrogen-bond acceptors (Lipinski definition) is 3. The van der Waals surface area contributed by atoms with Crippen molar-refractivity contribution in [1.82, 2.24) is 5.32 Å². The van der Waals surface area contributed by atoms with Crippen LogP contribution in [0.2, 0.25) is 0 Å². The average Bonchev–Trinajstić information content (AvgIpc) is 3.01. The topological polar surface area (TPSA) is 34.4 Å². The van der Waals surface area contributed by atoms with E-state index in [1.165, 1.54) is 16.7 Å². The number of aryl methyl sites for hydroxylation is 2. The molecular weight excluding hydrogens is 330 g/mol. The number of rotatable bonds is 4. The Balaban J connectivity index is 1.75. The van der Waals surface area contributed by atoms with Crippen molar-refractivity contribution in [3.63, 3.8) is 0 Å². The molecular formula is C17H20BrNO2. The Labute approximate surface area is 133 Å². The van der Waals surface area contributed by atoms with Crippen molar-refractivity contribution in [1.29, 1.82) is 0 Å². The molecule has 0 spiro atoms. The fourth-order valence-corrected chi connectivity index (χ4v) is 3.48. The van der Waals surface area contributed by atoms with Crippen molar-refractivity contribution in [2.45, 2.75) is 39.8 Å². The van der Waals surface area contributed by atoms with Gasteiger partial charge in [-0.2, -0.15) is 0 Å². The minimum atomic E-state index is 0.249. The molecule has 1 unspecified atom stereocenters. The summed E-state index contributed by atoms with van der Waals surface area (Å²) in [5.41, 5.74) is 3.73. The second-order valence-electron chi connectivity index (χ2n) is 5.62. The molecule has 1 aromatic heterocycles. The SMILES string of the molecule is Cc1cc(C(C)NCc2cc(Br)cc3c2OCC3)c(C)o1. The van der Waals surface area contributed by atoms with Crippen molar-refractivity contribution in [2.24, 2.45) is 0 Å². The second-order valence-corrected chi connectivity index (χ2v) is 6.54. The molecule has 4 heteroatoms. The van der Waals surface area contributed by atoms with E-state index in [1.54, 1.807) is 0 Å². The van der Waals surface area contributed by atoms with Gasteiger partial charge in [0.15, 0.2) is 0 Å². The maximum atomic E-state index is 5.77. The maximum absolute atomic E-state index is 5.77. The summed E-state index contributed by atoms with van der Waals surface area (Å²) < 4.78 is 12.5. The molecule has 0 saturated carbocycles. The molecule has 2 heterocycles. The van der Waals surface area contributed by atoms with Crippen LogP contribution in [0.4, 0.5) is 0 Å². The Morgan fingerprint density at radius 2 is 2.10 bits per heavy atom. The summed E-state index contributed by atoms with van der Waals surface area (Å²) in [5, 5.41) is 3.57. The van der Waals surface area contributed by atoms with Gasteiger partial charge >= 0.3 is 0 Å². The fraction of sp³-hybridized carbons (Fsp3) is 0.412. The van der Waals surface area contributed by atoms with Crippen LogP contribution in [0.3, 0.4) is 0 Å². The zero-order valence-corrected chi connectivity index (χ0v) is 14.2. The molecule has 1 aliphatic heterocycles. The number of furan rings is 1. The summed E-state index contributed by atoms with van der Waals surface area (Å²) >= 11 is 3.58. The Morgan fingerprint density at radius 1 is 1.29 bits per heavy atom. The van der Waals surface area contributed by atoms with Crippen LogP contribution < -0.4 is 10.1 Å². The Bertz CT molecular complexity index is 663. The van der Waals surface area contributed by atoms with Crippen molar-refractivity contribution >= 4 is 15.9 Å². The van der Waals surface area contributed by atoms with Crippen molar-refractivity contribution in [3.05, 3.63) is 50.9 Å². The third-order valence-corrected chi connectivity index (χ3v) is 4.43. The molecule has 2 aromatic rings. The van der Waals surface area contributed by atoms with Gasteiger partial charge in [-0.3, -0.25) is 0 Å². The van der Waals surface area contributed by atoms with E-state index < -0.39 is 0 Å². The number of halogens is 1. The lowest BCUT2D eigenvalue weighted by molar-refractivity contribution is 0.351. The molecule has 0 saturated heterocycles. The molecule has 0 fully saturated rings. The summed E-state index contributed by atoms with van der Waals surface area (Å²) in [6.07, 6.45) is 0.997. The highest BCUT2D eigenvalue weighted by atomic mass is 79.9. The number of benzene rings is 1. The lowest BCUT2D eigenvalue weighted by atomic mass is 10.1. The van der Waals surface area contributed by atoms with Crippen LogP contribution in [0.5, 0.6) is 5.75 Å². The Kier molecular flexibility index (Phi) is 4.09. The summed E-state index contributed by atoms with van der Waals surface area (Å²) in [4.78, 5) is 0. The van der Waals surface area contributed by atoms with Crippen LogP contribution in [0.25, 0.3) is 0 Å². The van der Waals surface area contributed by atoms with E-state index in [0.29, 0.717) is 0 Å². The van der Waals surface area contributed by atoms with Crippen molar-refractivity contribution in [2.75, 3.05) is 6.61 Å². The van der Waals surface area contributed by atoms with Crippen LogP contribution in [-0.2, 0) is 13.0 Å². The van der Waals surface area contributed by atoms with E-state index in [9.17, 15) is 0 Å². The van der Waals surface area contributed by atoms with Gasteiger partial charge in [0.2, 0.25) is 0 Å². The molecule has 1 aliphatic rings. The number of ether oxygens (including phenoxy) is 1. The van der Waals surface area contributed by atoms with Gasteiger partial charge in [0.1, 0.15) is 17.3 Å². The molecule has 0 bridgehead atoms. The second kappa shape index (κ2) is 5.85. The highest BCUT2D eigenvalue weighted by Crippen LogP contribution is 2.33. The Hall–Kier alpha value is -1.26. The monoisotopic (exact) mass is 349 g/mol. The minimum absolute atomic E-state index is 0.249. The number of fused-ring (bicyclic) bond motifs is 1. The van der Waals surface area contributed by atoms with Crippen LogP contribution in [-0.4, -0.2) is 6.61 Å². The fourth-order valence-electron chi connectivity index (χ4n) is 2.93. The van der Waals surface area contributed by atoms with Gasteiger partial charge < -0.3 is 14.5 Å². The normalized spacial score (nSPS) is 14.9. The smallest absolute Gasteiger partial charge is 0.127 e. The standard InChI is InChI=1S/C17H20BrNO2/c1-10-6-16(12(3)21-10)11(2)19-9-14-8-15(18)7-13-4-5-20-17(13)14/h6-8,11,19H,4-5,9H2,1-3H3. The summed E-state index contributed by atoms with van der Waals surface area (Å²) in [7, 11) is 0. The molecule has 3 rings (SSSR count). The largest absolute Gasteiger partial charge is 0.493 e. The van der Waals surface area contributed by atoms with Gasteiger partial charge in [-0.1, -0.05) is 15.9 Å². The maximum Gasteiger partial charge on any atom is 0.127 e. The minimum Gasteiger partial charge on any atom is -0.493 e. The van der Waals surface area contributed by atoms with E-state index >= 15 is 0 Å². The third kappa shape index (κ3) is 3.01. The van der Waals surface area contributed by atoms with E-state index in [0.717, 1.165) is 41.3 Å². The highest BCUT2D eigenvalue weighted by Gasteiger charge is 2.18. The molecule has 3 nitrogen and oxygen atoms in total. The summed E-state index contributed by atoms with van der Waals surface area (Å²) in [6.45, 7) is 7.73. The zero-order chi connectivity index (χ0) is 15.0. The van der Waals surface area contributed by atoms with E-state index in [1.807, 2.05) is 13.8 Å². The molecule has 21 heavy (non-hydrogen) atoms. The van der Waals surface area contributed by atoms with Crippen LogP contribution >= 0.6 is 15.9 Å². The lowest BCUT2D eigenvalue weighted by Gasteiger charge is -2.15. The molecule has 0 aliphatic carbocycles. The molecule has 1 N–H and O–H groups in total. The van der Waals surface area contributed by atoms with Gasteiger partial charge in [0.05, 0.1) is 6.61 Å². The Morgan fingerprint density at radius 3 is 2.81 bits per heavy atom. The van der Waals surface area contributed by atoms with Crippen LogP contribution in [0, 0.1) is 13.8 Å².